The van der Waals surface area contributed by atoms with Gasteiger partial charge in [0.15, 0.2) is 5.82 Å². The van der Waals surface area contributed by atoms with Crippen LogP contribution in [0.15, 0.2) is 67.3 Å². The zero-order valence-corrected chi connectivity index (χ0v) is 21.9. The highest BCUT2D eigenvalue weighted by molar-refractivity contribution is 5.76. The van der Waals surface area contributed by atoms with Crippen LogP contribution in [0.2, 0.25) is 0 Å². The Bertz CT molecular complexity index is 1370. The number of aromatic nitrogens is 5. The number of aliphatic hydroxyl groups is 1. The van der Waals surface area contributed by atoms with E-state index >= 15 is 0 Å². The van der Waals surface area contributed by atoms with E-state index in [2.05, 4.69) is 36.9 Å². The van der Waals surface area contributed by atoms with Crippen LogP contribution < -0.4 is 0 Å². The van der Waals surface area contributed by atoms with Gasteiger partial charge in [0, 0.05) is 44.3 Å². The number of piperidine rings is 1. The van der Waals surface area contributed by atoms with Gasteiger partial charge in [-0.3, -0.25) is 14.5 Å². The van der Waals surface area contributed by atoms with Crippen LogP contribution in [0.25, 0.3) is 22.6 Å². The molecule has 5 rings (SSSR count). The number of nitrogens with zero attached hydrogens (tertiary/aromatic N) is 6. The summed E-state index contributed by atoms with van der Waals surface area (Å²) < 4.78 is 3.58. The number of rotatable bonds is 5. The van der Waals surface area contributed by atoms with E-state index in [0.717, 1.165) is 28.2 Å². The van der Waals surface area contributed by atoms with Crippen LogP contribution in [0.5, 0.6) is 0 Å². The van der Waals surface area contributed by atoms with Gasteiger partial charge in [-0.05, 0) is 35.4 Å². The van der Waals surface area contributed by atoms with Crippen LogP contribution in [0.3, 0.4) is 0 Å². The molecular weight excluding hydrogens is 464 g/mol. The Morgan fingerprint density at radius 3 is 2.38 bits per heavy atom. The SMILES string of the molecule is Cn1cc(C2(O)CCN(C(=O)Cn3cc(-c4ccccc4)cn3)CC2)nc1-c1ccc(C(C)(C)C)cn1. The maximum Gasteiger partial charge on any atom is 0.244 e. The molecule has 1 N–H and O–H groups in total. The Kier molecular flexibility index (Phi) is 6.45. The number of benzene rings is 1. The lowest BCUT2D eigenvalue weighted by Crippen LogP contribution is -2.46. The van der Waals surface area contributed by atoms with Gasteiger partial charge in [0.1, 0.15) is 17.8 Å². The van der Waals surface area contributed by atoms with Crippen molar-refractivity contribution >= 4 is 5.91 Å². The Hall–Kier alpha value is -3.78. The van der Waals surface area contributed by atoms with Crippen LogP contribution in [-0.2, 0) is 29.4 Å². The van der Waals surface area contributed by atoms with Crippen LogP contribution >= 0.6 is 0 Å². The Morgan fingerprint density at radius 1 is 1.00 bits per heavy atom. The molecule has 8 nitrogen and oxygen atoms in total. The number of hydrogen-bond donors (Lipinski definition) is 1. The summed E-state index contributed by atoms with van der Waals surface area (Å²) >= 11 is 0. The molecule has 0 spiro atoms. The molecule has 0 bridgehead atoms. The third-order valence-corrected chi connectivity index (χ3v) is 7.19. The summed E-state index contributed by atoms with van der Waals surface area (Å²) in [7, 11) is 1.92. The summed E-state index contributed by atoms with van der Waals surface area (Å²) in [5.41, 5.74) is 3.55. The van der Waals surface area contributed by atoms with E-state index in [-0.39, 0.29) is 17.9 Å². The maximum atomic E-state index is 13.0. The van der Waals surface area contributed by atoms with E-state index in [0.29, 0.717) is 31.6 Å². The largest absolute Gasteiger partial charge is 0.383 e. The molecule has 1 saturated heterocycles. The number of aryl methyl sites for hydroxylation is 1. The lowest BCUT2D eigenvalue weighted by atomic mass is 9.88. The number of likely N-dealkylation sites (tertiary alicyclic amines) is 1. The lowest BCUT2D eigenvalue weighted by Gasteiger charge is -2.37. The van der Waals surface area contributed by atoms with Gasteiger partial charge in [-0.25, -0.2) is 4.98 Å². The van der Waals surface area contributed by atoms with Crippen molar-refractivity contribution in [3.63, 3.8) is 0 Å². The zero-order chi connectivity index (χ0) is 26.2. The molecule has 0 atom stereocenters. The van der Waals surface area contributed by atoms with Gasteiger partial charge in [0.05, 0.1) is 11.9 Å². The first-order valence-electron chi connectivity index (χ1n) is 12.7. The van der Waals surface area contributed by atoms with Crippen molar-refractivity contribution in [1.29, 1.82) is 0 Å². The van der Waals surface area contributed by atoms with Crippen molar-refractivity contribution in [3.05, 3.63) is 78.5 Å². The second-order valence-corrected chi connectivity index (χ2v) is 10.9. The quantitative estimate of drug-likeness (QED) is 0.447. The zero-order valence-electron chi connectivity index (χ0n) is 21.9. The van der Waals surface area contributed by atoms with Gasteiger partial charge in [0.25, 0.3) is 0 Å². The number of imidazole rings is 1. The monoisotopic (exact) mass is 498 g/mol. The summed E-state index contributed by atoms with van der Waals surface area (Å²) in [4.78, 5) is 24.2. The van der Waals surface area contributed by atoms with Crippen LogP contribution in [-0.4, -0.2) is 53.3 Å². The average Bonchev–Trinajstić information content (AvgIpc) is 3.51. The highest BCUT2D eigenvalue weighted by atomic mass is 16.3. The van der Waals surface area contributed by atoms with E-state index in [9.17, 15) is 9.90 Å². The Morgan fingerprint density at radius 2 is 1.73 bits per heavy atom. The summed E-state index contributed by atoms with van der Waals surface area (Å²) in [6.07, 6.45) is 8.30. The van der Waals surface area contributed by atoms with Gasteiger partial charge < -0.3 is 14.6 Å². The fraction of sp³-hybridized carbons (Fsp3) is 0.379. The second-order valence-electron chi connectivity index (χ2n) is 10.9. The highest BCUT2D eigenvalue weighted by Gasteiger charge is 2.38. The van der Waals surface area contributed by atoms with Gasteiger partial charge in [-0.15, -0.1) is 0 Å². The minimum absolute atomic E-state index is 0.00499. The molecule has 4 heterocycles. The van der Waals surface area contributed by atoms with Crippen molar-refractivity contribution in [2.75, 3.05) is 13.1 Å². The van der Waals surface area contributed by atoms with Crippen molar-refractivity contribution in [2.24, 2.45) is 7.05 Å². The molecule has 8 heteroatoms. The molecule has 4 aromatic rings. The minimum Gasteiger partial charge on any atom is -0.383 e. The highest BCUT2D eigenvalue weighted by Crippen LogP contribution is 2.34. The fourth-order valence-electron chi connectivity index (χ4n) is 4.75. The Labute approximate surface area is 217 Å². The first-order chi connectivity index (χ1) is 17.6. The van der Waals surface area contributed by atoms with Crippen LogP contribution in [0, 0.1) is 0 Å². The molecule has 37 heavy (non-hydrogen) atoms. The average molecular weight is 499 g/mol. The van der Waals surface area contributed by atoms with Crippen LogP contribution in [0.4, 0.5) is 0 Å². The van der Waals surface area contributed by atoms with Gasteiger partial charge in [-0.2, -0.15) is 5.10 Å². The predicted octanol–water partition coefficient (Wildman–Crippen LogP) is 4.15. The van der Waals surface area contributed by atoms with Gasteiger partial charge in [0.2, 0.25) is 5.91 Å². The van der Waals surface area contributed by atoms with Crippen molar-refractivity contribution in [3.8, 4) is 22.6 Å². The second kappa shape index (κ2) is 9.59. The molecule has 0 unspecified atom stereocenters. The number of pyridine rings is 1. The van der Waals surface area contributed by atoms with E-state index in [1.54, 1.807) is 15.8 Å². The molecular formula is C29H34N6O2. The molecule has 1 fully saturated rings. The number of hydrogen-bond acceptors (Lipinski definition) is 5. The standard InChI is InChI=1S/C29H34N6O2/c1-28(2,3)23-10-11-24(30-17-23)27-32-25(19-33(27)4)29(37)12-14-34(15-13-29)26(36)20-35-18-22(16-31-35)21-8-6-5-7-9-21/h5-11,16-19,37H,12-15,20H2,1-4H3. The summed E-state index contributed by atoms with van der Waals surface area (Å²) in [6, 6.07) is 14.0. The summed E-state index contributed by atoms with van der Waals surface area (Å²) in [5.74, 6) is 0.713. The number of carbonyl (C=O) groups excluding carboxylic acids is 1. The van der Waals surface area contributed by atoms with Gasteiger partial charge >= 0.3 is 0 Å². The summed E-state index contributed by atoms with van der Waals surface area (Å²) in [5, 5.41) is 15.8. The first kappa shape index (κ1) is 24.9. The topological polar surface area (TPSA) is 89.1 Å². The van der Waals surface area contributed by atoms with Crippen molar-refractivity contribution in [1.82, 2.24) is 29.2 Å². The molecule has 1 aliphatic heterocycles. The number of carbonyl (C=O) groups is 1. The van der Waals surface area contributed by atoms with Crippen molar-refractivity contribution in [2.45, 2.75) is 51.2 Å². The van der Waals surface area contributed by atoms with E-state index < -0.39 is 5.60 Å². The van der Waals surface area contributed by atoms with Crippen molar-refractivity contribution < 1.29 is 9.90 Å². The molecule has 1 aromatic carbocycles. The molecule has 0 aliphatic carbocycles. The minimum atomic E-state index is -1.08. The predicted molar refractivity (Wildman–Crippen MR) is 143 cm³/mol. The van der Waals surface area contributed by atoms with E-state index in [1.807, 2.05) is 66.6 Å². The molecule has 192 valence electrons. The molecule has 0 radical (unpaired) electrons. The Balaban J connectivity index is 1.23. The third kappa shape index (κ3) is 5.20. The molecule has 0 saturated carbocycles. The first-order valence-corrected chi connectivity index (χ1v) is 12.7. The van der Waals surface area contributed by atoms with Crippen LogP contribution in [0.1, 0.15) is 44.9 Å². The lowest BCUT2D eigenvalue weighted by molar-refractivity contribution is -0.136. The molecule has 1 amide bonds. The smallest absolute Gasteiger partial charge is 0.244 e. The molecule has 1 aliphatic rings. The van der Waals surface area contributed by atoms with E-state index in [1.165, 1.54) is 0 Å². The van der Waals surface area contributed by atoms with Gasteiger partial charge in [-0.1, -0.05) is 57.2 Å². The molecule has 3 aromatic heterocycles. The van der Waals surface area contributed by atoms with E-state index in [4.69, 9.17) is 4.98 Å². The fourth-order valence-corrected chi connectivity index (χ4v) is 4.75. The third-order valence-electron chi connectivity index (χ3n) is 7.19. The summed E-state index contributed by atoms with van der Waals surface area (Å²) in [6.45, 7) is 7.58. The number of amides is 1. The maximum absolute atomic E-state index is 13.0. The normalized spacial score (nSPS) is 15.6.